The smallest absolute Gasteiger partial charge is 0.339 e. The number of allylic oxidation sites excluding steroid dienone is 4. The molecule has 0 saturated carbocycles. The Bertz CT molecular complexity index is 760. The van der Waals surface area contributed by atoms with Gasteiger partial charge in [-0.2, -0.15) is 0 Å². The molecule has 27 heavy (non-hydrogen) atoms. The number of aryl methyl sites for hydroxylation is 1. The van der Waals surface area contributed by atoms with Crippen molar-refractivity contribution in [3.8, 4) is 23.8 Å². The monoisotopic (exact) mass is 370 g/mol. The number of carbonyl (C=O) groups is 1. The van der Waals surface area contributed by atoms with E-state index in [9.17, 15) is 20.1 Å². The van der Waals surface area contributed by atoms with Gasteiger partial charge in [0.2, 0.25) is 0 Å². The Hall–Kier alpha value is -2.67. The number of carboxylic acids is 1. The van der Waals surface area contributed by atoms with E-state index in [-0.39, 0.29) is 29.0 Å². The third-order valence-electron chi connectivity index (χ3n) is 4.44. The molecular weight excluding hydrogens is 340 g/mol. The van der Waals surface area contributed by atoms with Crippen LogP contribution in [0.5, 0.6) is 11.5 Å². The topological polar surface area (TPSA) is 77.8 Å². The standard InChI is InChI=1S/C23H30O4/c1-5-6-7-8-12-18-15-20(24)19(22(25)21(18)23(26)27)14-13-17(4)11-9-10-16(2)3/h1,10,13,15,24-25H,6-9,11-12,14H2,2-4H3,(H,26,27)/b17-13+. The van der Waals surface area contributed by atoms with Crippen molar-refractivity contribution in [2.24, 2.45) is 0 Å². The van der Waals surface area contributed by atoms with Crippen molar-refractivity contribution in [2.75, 3.05) is 0 Å². The molecule has 0 aliphatic rings. The summed E-state index contributed by atoms with van der Waals surface area (Å²) in [5.41, 5.74) is 2.95. The van der Waals surface area contributed by atoms with Gasteiger partial charge in [-0.05, 0) is 70.9 Å². The number of carboxylic acid groups (broad SMARTS) is 1. The summed E-state index contributed by atoms with van der Waals surface area (Å²) in [7, 11) is 0. The van der Waals surface area contributed by atoms with Crippen LogP contribution >= 0.6 is 0 Å². The van der Waals surface area contributed by atoms with Crippen molar-refractivity contribution in [3.63, 3.8) is 0 Å². The average molecular weight is 370 g/mol. The lowest BCUT2D eigenvalue weighted by Crippen LogP contribution is -2.05. The maximum Gasteiger partial charge on any atom is 0.339 e. The van der Waals surface area contributed by atoms with E-state index >= 15 is 0 Å². The van der Waals surface area contributed by atoms with Gasteiger partial charge < -0.3 is 15.3 Å². The summed E-state index contributed by atoms with van der Waals surface area (Å²) in [6.45, 7) is 6.10. The number of aromatic carboxylic acids is 1. The van der Waals surface area contributed by atoms with Crippen LogP contribution < -0.4 is 0 Å². The highest BCUT2D eigenvalue weighted by Crippen LogP contribution is 2.35. The predicted molar refractivity (Wildman–Crippen MR) is 109 cm³/mol. The molecule has 0 radical (unpaired) electrons. The number of benzene rings is 1. The van der Waals surface area contributed by atoms with Gasteiger partial charge in [0.15, 0.2) is 0 Å². The minimum atomic E-state index is -1.19. The van der Waals surface area contributed by atoms with E-state index in [2.05, 4.69) is 25.8 Å². The molecule has 0 atom stereocenters. The maximum absolute atomic E-state index is 11.6. The first-order valence-electron chi connectivity index (χ1n) is 9.30. The molecule has 0 heterocycles. The number of rotatable bonds is 10. The van der Waals surface area contributed by atoms with E-state index in [0.29, 0.717) is 24.8 Å². The Morgan fingerprint density at radius 2 is 1.89 bits per heavy atom. The highest BCUT2D eigenvalue weighted by atomic mass is 16.4. The van der Waals surface area contributed by atoms with Crippen molar-refractivity contribution in [3.05, 3.63) is 46.1 Å². The summed E-state index contributed by atoms with van der Waals surface area (Å²) in [6, 6.07) is 1.46. The number of terminal acetylenes is 1. The molecule has 0 aliphatic carbocycles. The van der Waals surface area contributed by atoms with E-state index < -0.39 is 5.97 Å². The van der Waals surface area contributed by atoms with Crippen molar-refractivity contribution < 1.29 is 20.1 Å². The normalized spacial score (nSPS) is 11.1. The zero-order chi connectivity index (χ0) is 20.4. The van der Waals surface area contributed by atoms with Crippen LogP contribution in [0.15, 0.2) is 29.4 Å². The molecule has 146 valence electrons. The molecular formula is C23H30O4. The van der Waals surface area contributed by atoms with Gasteiger partial charge >= 0.3 is 5.97 Å². The molecule has 0 fully saturated rings. The second-order valence-electron chi connectivity index (χ2n) is 7.05. The molecule has 1 aromatic carbocycles. The quantitative estimate of drug-likeness (QED) is 0.294. The van der Waals surface area contributed by atoms with Crippen LogP contribution in [0.2, 0.25) is 0 Å². The van der Waals surface area contributed by atoms with Gasteiger partial charge in [0.25, 0.3) is 0 Å². The molecule has 0 aliphatic heterocycles. The van der Waals surface area contributed by atoms with Crippen molar-refractivity contribution in [1.82, 2.24) is 0 Å². The van der Waals surface area contributed by atoms with Crippen LogP contribution in [-0.2, 0) is 12.8 Å². The molecule has 4 heteroatoms. The minimum absolute atomic E-state index is 0.0715. The Balaban J connectivity index is 3.01. The van der Waals surface area contributed by atoms with Crippen LogP contribution in [0, 0.1) is 12.3 Å². The Labute approximate surface area is 162 Å². The van der Waals surface area contributed by atoms with E-state index in [0.717, 1.165) is 24.8 Å². The number of aromatic hydroxyl groups is 2. The first kappa shape index (κ1) is 22.4. The summed E-state index contributed by atoms with van der Waals surface area (Å²) >= 11 is 0. The van der Waals surface area contributed by atoms with Crippen LogP contribution in [0.4, 0.5) is 0 Å². The summed E-state index contributed by atoms with van der Waals surface area (Å²) in [5, 5.41) is 30.3. The number of phenolic OH excluding ortho intramolecular Hbond substituents is 1. The molecule has 4 nitrogen and oxygen atoms in total. The Kier molecular flexibility index (Phi) is 9.22. The van der Waals surface area contributed by atoms with Gasteiger partial charge in [-0.25, -0.2) is 4.79 Å². The second-order valence-corrected chi connectivity index (χ2v) is 7.05. The van der Waals surface area contributed by atoms with E-state index in [1.165, 1.54) is 11.6 Å². The van der Waals surface area contributed by atoms with Gasteiger partial charge in [-0.1, -0.05) is 23.3 Å². The van der Waals surface area contributed by atoms with E-state index in [4.69, 9.17) is 6.42 Å². The number of hydrogen-bond acceptors (Lipinski definition) is 3. The average Bonchev–Trinajstić information content (AvgIpc) is 2.57. The number of unbranched alkanes of at least 4 members (excludes halogenated alkanes) is 2. The lowest BCUT2D eigenvalue weighted by Gasteiger charge is -2.14. The predicted octanol–water partition coefficient (Wildman–Crippen LogP) is 5.38. The number of hydrogen-bond donors (Lipinski definition) is 3. The zero-order valence-corrected chi connectivity index (χ0v) is 16.5. The molecule has 3 N–H and O–H groups in total. The van der Waals surface area contributed by atoms with Crippen LogP contribution in [-0.4, -0.2) is 21.3 Å². The maximum atomic E-state index is 11.6. The van der Waals surface area contributed by atoms with Gasteiger partial charge in [0.05, 0.1) is 0 Å². The fourth-order valence-electron chi connectivity index (χ4n) is 2.90. The minimum Gasteiger partial charge on any atom is -0.508 e. The molecule has 1 rings (SSSR count). The molecule has 0 saturated heterocycles. The van der Waals surface area contributed by atoms with E-state index in [1.807, 2.05) is 13.0 Å². The highest BCUT2D eigenvalue weighted by Gasteiger charge is 2.21. The largest absolute Gasteiger partial charge is 0.508 e. The van der Waals surface area contributed by atoms with E-state index in [1.54, 1.807) is 0 Å². The van der Waals surface area contributed by atoms with Crippen LogP contribution in [0.25, 0.3) is 0 Å². The molecule has 0 spiro atoms. The third kappa shape index (κ3) is 7.22. The lowest BCUT2D eigenvalue weighted by molar-refractivity contribution is 0.0692. The third-order valence-corrected chi connectivity index (χ3v) is 4.44. The summed E-state index contributed by atoms with van der Waals surface area (Å²) in [5.74, 6) is 0.940. The molecule has 0 amide bonds. The second kappa shape index (κ2) is 11.1. The zero-order valence-electron chi connectivity index (χ0n) is 16.5. The van der Waals surface area contributed by atoms with Gasteiger partial charge in [0.1, 0.15) is 17.1 Å². The van der Waals surface area contributed by atoms with Crippen molar-refractivity contribution >= 4 is 5.97 Å². The summed E-state index contributed by atoms with van der Waals surface area (Å²) in [4.78, 5) is 11.6. The van der Waals surface area contributed by atoms with Gasteiger partial charge in [-0.15, -0.1) is 12.3 Å². The fourth-order valence-corrected chi connectivity index (χ4v) is 2.90. The molecule has 0 bridgehead atoms. The van der Waals surface area contributed by atoms with Crippen molar-refractivity contribution in [1.29, 1.82) is 0 Å². The molecule has 1 aromatic rings. The van der Waals surface area contributed by atoms with Crippen LogP contribution in [0.1, 0.15) is 74.4 Å². The highest BCUT2D eigenvalue weighted by molar-refractivity contribution is 5.93. The summed E-state index contributed by atoms with van der Waals surface area (Å²) in [6.07, 6.45) is 13.9. The van der Waals surface area contributed by atoms with Crippen molar-refractivity contribution in [2.45, 2.75) is 65.7 Å². The van der Waals surface area contributed by atoms with Gasteiger partial charge in [-0.3, -0.25) is 0 Å². The molecule has 0 unspecified atom stereocenters. The first-order chi connectivity index (χ1) is 12.8. The Morgan fingerprint density at radius 3 is 2.48 bits per heavy atom. The summed E-state index contributed by atoms with van der Waals surface area (Å²) < 4.78 is 0. The number of phenols is 2. The fraction of sp³-hybridized carbons (Fsp3) is 0.435. The lowest BCUT2D eigenvalue weighted by atomic mass is 9.94. The van der Waals surface area contributed by atoms with Crippen LogP contribution in [0.3, 0.4) is 0 Å². The Morgan fingerprint density at radius 1 is 1.19 bits per heavy atom. The van der Waals surface area contributed by atoms with Gasteiger partial charge in [0, 0.05) is 12.0 Å². The SMILES string of the molecule is C#CCCCCc1cc(O)c(C/C=C(\C)CCC=C(C)C)c(O)c1C(=O)O. The first-order valence-corrected chi connectivity index (χ1v) is 9.30. The molecule has 0 aromatic heterocycles.